The van der Waals surface area contributed by atoms with Gasteiger partial charge in [0.1, 0.15) is 17.3 Å². The standard InChI is InChI=1S/C25H27NO7/c1-14-12-20(32-5)15(2)11-19(14)23(28)21-22(26(9-10-31-4)25(30)24(21)29)17-7-6-8-18(13-17)33-16(3)27/h6-8,11-13,22,28H,9-10H2,1-5H3/b23-21+. The van der Waals surface area contributed by atoms with E-state index in [1.165, 1.54) is 18.9 Å². The van der Waals surface area contributed by atoms with E-state index in [0.29, 0.717) is 22.4 Å². The van der Waals surface area contributed by atoms with E-state index in [2.05, 4.69) is 0 Å². The summed E-state index contributed by atoms with van der Waals surface area (Å²) in [6.45, 7) is 5.24. The van der Waals surface area contributed by atoms with Crippen LogP contribution >= 0.6 is 0 Å². The Morgan fingerprint density at radius 3 is 2.45 bits per heavy atom. The van der Waals surface area contributed by atoms with E-state index in [0.717, 1.165) is 5.56 Å². The third kappa shape index (κ3) is 4.75. The van der Waals surface area contributed by atoms with Crippen LogP contribution in [0.3, 0.4) is 0 Å². The molecule has 2 aromatic rings. The molecular formula is C25H27NO7. The molecule has 0 radical (unpaired) electrons. The van der Waals surface area contributed by atoms with Crippen LogP contribution < -0.4 is 9.47 Å². The average molecular weight is 453 g/mol. The Hall–Kier alpha value is -3.65. The van der Waals surface area contributed by atoms with Gasteiger partial charge in [0.15, 0.2) is 0 Å². The van der Waals surface area contributed by atoms with Crippen LogP contribution in [0.25, 0.3) is 5.76 Å². The molecule has 8 heteroatoms. The molecule has 33 heavy (non-hydrogen) atoms. The van der Waals surface area contributed by atoms with Gasteiger partial charge in [-0.3, -0.25) is 14.4 Å². The Labute approximate surface area is 192 Å². The monoisotopic (exact) mass is 453 g/mol. The number of methoxy groups -OCH3 is 2. The summed E-state index contributed by atoms with van der Waals surface area (Å²) in [4.78, 5) is 38.8. The zero-order valence-corrected chi connectivity index (χ0v) is 19.3. The number of hydrogen-bond donors (Lipinski definition) is 1. The molecule has 0 aliphatic carbocycles. The first-order valence-electron chi connectivity index (χ1n) is 10.4. The van der Waals surface area contributed by atoms with Gasteiger partial charge in [0.05, 0.1) is 25.3 Å². The molecule has 1 amide bonds. The van der Waals surface area contributed by atoms with E-state index in [-0.39, 0.29) is 30.2 Å². The van der Waals surface area contributed by atoms with E-state index < -0.39 is 23.7 Å². The lowest BCUT2D eigenvalue weighted by Crippen LogP contribution is -2.32. The van der Waals surface area contributed by atoms with E-state index in [9.17, 15) is 19.5 Å². The van der Waals surface area contributed by atoms with Gasteiger partial charge in [-0.15, -0.1) is 0 Å². The zero-order valence-electron chi connectivity index (χ0n) is 19.3. The first-order chi connectivity index (χ1) is 15.7. The van der Waals surface area contributed by atoms with Crippen molar-refractivity contribution in [2.75, 3.05) is 27.4 Å². The smallest absolute Gasteiger partial charge is 0.308 e. The maximum Gasteiger partial charge on any atom is 0.308 e. The number of rotatable bonds is 7. The number of aliphatic hydroxyl groups excluding tert-OH is 1. The summed E-state index contributed by atoms with van der Waals surface area (Å²) in [5.41, 5.74) is 2.37. The van der Waals surface area contributed by atoms with E-state index in [1.54, 1.807) is 50.4 Å². The van der Waals surface area contributed by atoms with Crippen LogP contribution in [-0.2, 0) is 19.1 Å². The van der Waals surface area contributed by atoms with Gasteiger partial charge in [0.25, 0.3) is 11.7 Å². The Morgan fingerprint density at radius 2 is 1.82 bits per heavy atom. The van der Waals surface area contributed by atoms with Crippen LogP contribution in [0, 0.1) is 13.8 Å². The van der Waals surface area contributed by atoms with Gasteiger partial charge in [0.2, 0.25) is 0 Å². The molecule has 1 atom stereocenters. The summed E-state index contributed by atoms with van der Waals surface area (Å²) < 4.78 is 15.6. The third-order valence-corrected chi connectivity index (χ3v) is 5.51. The second kappa shape index (κ2) is 9.87. The highest BCUT2D eigenvalue weighted by atomic mass is 16.5. The van der Waals surface area contributed by atoms with Crippen molar-refractivity contribution in [2.24, 2.45) is 0 Å². The number of aliphatic hydroxyl groups is 1. The van der Waals surface area contributed by atoms with Crippen molar-refractivity contribution in [1.82, 2.24) is 4.90 Å². The summed E-state index contributed by atoms with van der Waals surface area (Å²) in [6.07, 6.45) is 0. The zero-order chi connectivity index (χ0) is 24.3. The molecule has 2 aromatic carbocycles. The molecule has 0 saturated carbocycles. The number of Topliss-reactive ketones (excluding diaryl/α,β-unsaturated/α-hetero) is 1. The van der Waals surface area contributed by atoms with Gasteiger partial charge in [-0.05, 0) is 54.8 Å². The summed E-state index contributed by atoms with van der Waals surface area (Å²) in [7, 11) is 3.05. The molecule has 3 rings (SSSR count). The molecule has 1 heterocycles. The molecule has 1 saturated heterocycles. The van der Waals surface area contributed by atoms with E-state index in [4.69, 9.17) is 14.2 Å². The van der Waals surface area contributed by atoms with Crippen molar-refractivity contribution >= 4 is 23.4 Å². The molecule has 1 aliphatic heterocycles. The number of carbonyl (C=O) groups is 3. The molecule has 0 aromatic heterocycles. The van der Waals surface area contributed by atoms with Crippen molar-refractivity contribution in [1.29, 1.82) is 0 Å². The summed E-state index contributed by atoms with van der Waals surface area (Å²) in [5, 5.41) is 11.3. The molecule has 8 nitrogen and oxygen atoms in total. The van der Waals surface area contributed by atoms with Crippen LogP contribution in [-0.4, -0.2) is 55.0 Å². The maximum absolute atomic E-state index is 13.1. The highest BCUT2D eigenvalue weighted by Crippen LogP contribution is 2.41. The van der Waals surface area contributed by atoms with Crippen molar-refractivity contribution in [3.05, 3.63) is 64.2 Å². The number of amides is 1. The van der Waals surface area contributed by atoms with Crippen LogP contribution in [0.2, 0.25) is 0 Å². The molecule has 0 spiro atoms. The molecule has 1 fully saturated rings. The van der Waals surface area contributed by atoms with Crippen LogP contribution in [0.5, 0.6) is 11.5 Å². The predicted octanol–water partition coefficient (Wildman–Crippen LogP) is 3.31. The first kappa shape index (κ1) is 24.0. The van der Waals surface area contributed by atoms with Crippen molar-refractivity contribution < 1.29 is 33.7 Å². The van der Waals surface area contributed by atoms with E-state index in [1.807, 2.05) is 6.92 Å². The Morgan fingerprint density at radius 1 is 1.09 bits per heavy atom. The van der Waals surface area contributed by atoms with Crippen molar-refractivity contribution in [3.63, 3.8) is 0 Å². The van der Waals surface area contributed by atoms with Crippen LogP contribution in [0.15, 0.2) is 42.0 Å². The van der Waals surface area contributed by atoms with Gasteiger partial charge < -0.3 is 24.2 Å². The minimum absolute atomic E-state index is 0.0382. The van der Waals surface area contributed by atoms with Crippen molar-refractivity contribution in [3.8, 4) is 11.5 Å². The maximum atomic E-state index is 13.1. The van der Waals surface area contributed by atoms with Gasteiger partial charge in [-0.25, -0.2) is 0 Å². The number of nitrogens with zero attached hydrogens (tertiary/aromatic N) is 1. The second-order valence-electron chi connectivity index (χ2n) is 7.79. The fraction of sp³-hybridized carbons (Fsp3) is 0.320. The lowest BCUT2D eigenvalue weighted by Gasteiger charge is -2.25. The summed E-state index contributed by atoms with van der Waals surface area (Å²) in [5.74, 6) is -1.38. The van der Waals surface area contributed by atoms with Gasteiger partial charge in [-0.1, -0.05) is 12.1 Å². The minimum atomic E-state index is -0.877. The lowest BCUT2D eigenvalue weighted by atomic mass is 9.93. The summed E-state index contributed by atoms with van der Waals surface area (Å²) >= 11 is 0. The number of aryl methyl sites for hydroxylation is 2. The molecule has 1 aliphatic rings. The quantitative estimate of drug-likeness (QED) is 0.226. The van der Waals surface area contributed by atoms with E-state index >= 15 is 0 Å². The predicted molar refractivity (Wildman–Crippen MR) is 121 cm³/mol. The Bertz CT molecular complexity index is 1140. The molecular weight excluding hydrogens is 426 g/mol. The van der Waals surface area contributed by atoms with Gasteiger partial charge >= 0.3 is 5.97 Å². The van der Waals surface area contributed by atoms with Crippen molar-refractivity contribution in [2.45, 2.75) is 26.8 Å². The Balaban J connectivity index is 2.21. The number of hydrogen-bond acceptors (Lipinski definition) is 7. The van der Waals surface area contributed by atoms with Gasteiger partial charge in [-0.2, -0.15) is 0 Å². The van der Waals surface area contributed by atoms with Gasteiger partial charge in [0, 0.05) is 26.1 Å². The Kier molecular flexibility index (Phi) is 7.18. The molecule has 1 unspecified atom stereocenters. The third-order valence-electron chi connectivity index (χ3n) is 5.51. The number of likely N-dealkylation sites (tertiary alicyclic amines) is 1. The second-order valence-corrected chi connectivity index (χ2v) is 7.79. The average Bonchev–Trinajstić information content (AvgIpc) is 3.03. The molecule has 1 N–H and O–H groups in total. The highest BCUT2D eigenvalue weighted by Gasteiger charge is 2.46. The summed E-state index contributed by atoms with van der Waals surface area (Å²) in [6, 6.07) is 9.16. The molecule has 0 bridgehead atoms. The number of carbonyl (C=O) groups excluding carboxylic acids is 3. The number of ketones is 1. The normalized spacial score (nSPS) is 17.4. The highest BCUT2D eigenvalue weighted by molar-refractivity contribution is 6.46. The number of benzene rings is 2. The molecule has 174 valence electrons. The largest absolute Gasteiger partial charge is 0.507 e. The fourth-order valence-electron chi connectivity index (χ4n) is 3.97. The lowest BCUT2D eigenvalue weighted by molar-refractivity contribution is -0.140. The first-order valence-corrected chi connectivity index (χ1v) is 10.4. The number of ether oxygens (including phenoxy) is 3. The van der Waals surface area contributed by atoms with Crippen LogP contribution in [0.1, 0.15) is 35.2 Å². The number of esters is 1. The SMILES string of the molecule is COCCN1C(=O)C(=O)/C(=C(/O)c2cc(C)c(OC)cc2C)C1c1cccc(OC(C)=O)c1. The van der Waals surface area contributed by atoms with Crippen LogP contribution in [0.4, 0.5) is 0 Å². The topological polar surface area (TPSA) is 102 Å². The fourth-order valence-corrected chi connectivity index (χ4v) is 3.97. The minimum Gasteiger partial charge on any atom is -0.507 e.